The Balaban J connectivity index is 1.81. The normalized spacial score (nSPS) is 36.7. The number of rotatable bonds is 2. The Kier molecular flexibility index (Phi) is 2.89. The minimum Gasteiger partial charge on any atom is -0.389 e. The lowest BCUT2D eigenvalue weighted by molar-refractivity contribution is 0.0289. The van der Waals surface area contributed by atoms with Gasteiger partial charge in [-0.3, -0.25) is 0 Å². The van der Waals surface area contributed by atoms with Gasteiger partial charge in [-0.1, -0.05) is 32.1 Å². The van der Waals surface area contributed by atoms with Gasteiger partial charge >= 0.3 is 0 Å². The number of hydrogen-bond acceptors (Lipinski definition) is 2. The molecule has 2 fully saturated rings. The maximum absolute atomic E-state index is 10.2. The third-order valence-electron chi connectivity index (χ3n) is 3.61. The average molecular weight is 183 g/mol. The van der Waals surface area contributed by atoms with Gasteiger partial charge in [0.15, 0.2) is 0 Å². The van der Waals surface area contributed by atoms with Crippen LogP contribution in [0.4, 0.5) is 0 Å². The Hall–Kier alpha value is -0.0800. The topological polar surface area (TPSA) is 32.3 Å². The van der Waals surface area contributed by atoms with Crippen molar-refractivity contribution >= 4 is 0 Å². The fourth-order valence-corrected chi connectivity index (χ4v) is 2.83. The molecule has 1 aliphatic heterocycles. The van der Waals surface area contributed by atoms with Crippen molar-refractivity contribution in [2.24, 2.45) is 5.92 Å². The smallest absolute Gasteiger partial charge is 0.0786 e. The van der Waals surface area contributed by atoms with Gasteiger partial charge < -0.3 is 10.4 Å². The van der Waals surface area contributed by atoms with Gasteiger partial charge in [0.25, 0.3) is 0 Å². The van der Waals surface area contributed by atoms with Crippen LogP contribution in [0.2, 0.25) is 0 Å². The SMILES string of the molecule is OC1(CC2CCCCC2)CCNC1. The molecule has 0 radical (unpaired) electrons. The van der Waals surface area contributed by atoms with Crippen molar-refractivity contribution in [2.45, 2.75) is 50.5 Å². The second kappa shape index (κ2) is 3.97. The van der Waals surface area contributed by atoms with E-state index in [2.05, 4.69) is 5.32 Å². The van der Waals surface area contributed by atoms with Crippen LogP contribution in [0.15, 0.2) is 0 Å². The molecule has 0 spiro atoms. The van der Waals surface area contributed by atoms with Crippen molar-refractivity contribution in [3.05, 3.63) is 0 Å². The second-order valence-corrected chi connectivity index (χ2v) is 4.86. The highest BCUT2D eigenvalue weighted by Gasteiger charge is 2.33. The summed E-state index contributed by atoms with van der Waals surface area (Å²) in [5, 5.41) is 13.4. The summed E-state index contributed by atoms with van der Waals surface area (Å²) < 4.78 is 0. The third kappa shape index (κ3) is 2.44. The third-order valence-corrected chi connectivity index (χ3v) is 3.61. The molecule has 2 N–H and O–H groups in total. The molecular formula is C11H21NO. The quantitative estimate of drug-likeness (QED) is 0.682. The fourth-order valence-electron chi connectivity index (χ4n) is 2.83. The van der Waals surface area contributed by atoms with Gasteiger partial charge in [0.05, 0.1) is 5.60 Å². The highest BCUT2D eigenvalue weighted by molar-refractivity contribution is 4.90. The molecule has 2 aliphatic rings. The Labute approximate surface area is 80.7 Å². The molecule has 0 aromatic rings. The lowest BCUT2D eigenvalue weighted by Gasteiger charge is -2.29. The van der Waals surface area contributed by atoms with Gasteiger partial charge in [0, 0.05) is 6.54 Å². The summed E-state index contributed by atoms with van der Waals surface area (Å²) in [5.41, 5.74) is -0.359. The van der Waals surface area contributed by atoms with Gasteiger partial charge in [-0.25, -0.2) is 0 Å². The van der Waals surface area contributed by atoms with Crippen LogP contribution in [0.3, 0.4) is 0 Å². The molecule has 2 rings (SSSR count). The van der Waals surface area contributed by atoms with E-state index in [0.29, 0.717) is 0 Å². The predicted molar refractivity (Wildman–Crippen MR) is 53.6 cm³/mol. The monoisotopic (exact) mass is 183 g/mol. The van der Waals surface area contributed by atoms with Gasteiger partial charge in [-0.15, -0.1) is 0 Å². The van der Waals surface area contributed by atoms with Crippen LogP contribution in [0.25, 0.3) is 0 Å². The molecule has 0 amide bonds. The van der Waals surface area contributed by atoms with Crippen LogP contribution in [0, 0.1) is 5.92 Å². The van der Waals surface area contributed by atoms with Crippen molar-refractivity contribution in [3.8, 4) is 0 Å². The zero-order chi connectivity index (χ0) is 9.15. The van der Waals surface area contributed by atoms with Crippen LogP contribution in [-0.4, -0.2) is 23.8 Å². The zero-order valence-corrected chi connectivity index (χ0v) is 8.39. The maximum atomic E-state index is 10.2. The number of hydrogen-bond donors (Lipinski definition) is 2. The van der Waals surface area contributed by atoms with Crippen molar-refractivity contribution in [1.29, 1.82) is 0 Å². The van der Waals surface area contributed by atoms with Crippen molar-refractivity contribution < 1.29 is 5.11 Å². The van der Waals surface area contributed by atoms with E-state index in [1.54, 1.807) is 0 Å². The lowest BCUT2D eigenvalue weighted by atomic mass is 9.80. The lowest BCUT2D eigenvalue weighted by Crippen LogP contribution is -2.34. The first-order chi connectivity index (χ1) is 6.29. The van der Waals surface area contributed by atoms with E-state index < -0.39 is 0 Å². The van der Waals surface area contributed by atoms with E-state index in [0.717, 1.165) is 31.8 Å². The summed E-state index contributed by atoms with van der Waals surface area (Å²) in [6.07, 6.45) is 8.88. The van der Waals surface area contributed by atoms with E-state index in [4.69, 9.17) is 0 Å². The summed E-state index contributed by atoms with van der Waals surface area (Å²) in [6, 6.07) is 0. The molecule has 76 valence electrons. The number of aliphatic hydroxyl groups is 1. The van der Waals surface area contributed by atoms with Gasteiger partial charge in [0.1, 0.15) is 0 Å². The van der Waals surface area contributed by atoms with Crippen molar-refractivity contribution in [1.82, 2.24) is 5.32 Å². The summed E-state index contributed by atoms with van der Waals surface area (Å²) >= 11 is 0. The predicted octanol–water partition coefficient (Wildman–Crippen LogP) is 1.68. The van der Waals surface area contributed by atoms with Crippen LogP contribution in [0.5, 0.6) is 0 Å². The molecule has 0 bridgehead atoms. The standard InChI is InChI=1S/C11H21NO/c13-11(6-7-12-9-11)8-10-4-2-1-3-5-10/h10,12-13H,1-9H2. The molecule has 0 aromatic heterocycles. The summed E-state index contributed by atoms with van der Waals surface area (Å²) in [6.45, 7) is 1.83. The molecule has 1 heterocycles. The van der Waals surface area contributed by atoms with Gasteiger partial charge in [0.2, 0.25) is 0 Å². The van der Waals surface area contributed by atoms with Gasteiger partial charge in [-0.05, 0) is 25.3 Å². The second-order valence-electron chi connectivity index (χ2n) is 4.86. The highest BCUT2D eigenvalue weighted by Crippen LogP contribution is 2.32. The molecule has 2 nitrogen and oxygen atoms in total. The Bertz CT molecular complexity index is 157. The molecule has 1 saturated carbocycles. The van der Waals surface area contributed by atoms with Crippen LogP contribution in [-0.2, 0) is 0 Å². The Morgan fingerprint density at radius 1 is 1.23 bits per heavy atom. The summed E-state index contributed by atoms with van der Waals surface area (Å²) in [4.78, 5) is 0. The first kappa shape index (κ1) is 9.47. The molecule has 1 aliphatic carbocycles. The van der Waals surface area contributed by atoms with Crippen LogP contribution in [0.1, 0.15) is 44.9 Å². The first-order valence-electron chi connectivity index (χ1n) is 5.72. The Morgan fingerprint density at radius 3 is 2.62 bits per heavy atom. The maximum Gasteiger partial charge on any atom is 0.0786 e. The zero-order valence-electron chi connectivity index (χ0n) is 8.39. The molecule has 1 unspecified atom stereocenters. The molecule has 0 aromatic carbocycles. The molecule has 13 heavy (non-hydrogen) atoms. The number of β-amino-alcohol motifs (C(OH)–C–C–N with tert-alkyl or cyclic N) is 1. The highest BCUT2D eigenvalue weighted by atomic mass is 16.3. The largest absolute Gasteiger partial charge is 0.389 e. The fraction of sp³-hybridized carbons (Fsp3) is 1.00. The number of nitrogens with one attached hydrogen (secondary N) is 1. The molecule has 2 heteroatoms. The average Bonchev–Trinajstić information content (AvgIpc) is 2.54. The molecule has 1 atom stereocenters. The van der Waals surface area contributed by atoms with E-state index in [-0.39, 0.29) is 5.60 Å². The molecular weight excluding hydrogens is 162 g/mol. The minimum atomic E-state index is -0.359. The molecule has 1 saturated heterocycles. The van der Waals surface area contributed by atoms with E-state index >= 15 is 0 Å². The van der Waals surface area contributed by atoms with Crippen molar-refractivity contribution in [2.75, 3.05) is 13.1 Å². The van der Waals surface area contributed by atoms with Crippen LogP contribution < -0.4 is 5.32 Å². The first-order valence-corrected chi connectivity index (χ1v) is 5.72. The van der Waals surface area contributed by atoms with Crippen molar-refractivity contribution in [3.63, 3.8) is 0 Å². The van der Waals surface area contributed by atoms with E-state index in [9.17, 15) is 5.11 Å². The van der Waals surface area contributed by atoms with E-state index in [1.807, 2.05) is 0 Å². The summed E-state index contributed by atoms with van der Waals surface area (Å²) in [7, 11) is 0. The van der Waals surface area contributed by atoms with Crippen LogP contribution >= 0.6 is 0 Å². The summed E-state index contributed by atoms with van der Waals surface area (Å²) in [5.74, 6) is 0.804. The van der Waals surface area contributed by atoms with Gasteiger partial charge in [-0.2, -0.15) is 0 Å². The Morgan fingerprint density at radius 2 is 2.00 bits per heavy atom. The minimum absolute atomic E-state index is 0.359. The van der Waals surface area contributed by atoms with E-state index in [1.165, 1.54) is 32.1 Å².